The molecule has 1 N–H and O–H groups in total. The zero-order valence-corrected chi connectivity index (χ0v) is 14.5. The summed E-state index contributed by atoms with van der Waals surface area (Å²) in [5, 5.41) is 3.15. The maximum absolute atomic E-state index is 12.1. The van der Waals surface area contributed by atoms with Crippen molar-refractivity contribution < 1.29 is 9.53 Å². The molecule has 1 amide bonds. The molecular weight excluding hydrogens is 320 g/mol. The van der Waals surface area contributed by atoms with Gasteiger partial charge in [0.1, 0.15) is 24.1 Å². The number of methoxy groups -OCH3 is 1. The molecule has 1 aliphatic heterocycles. The minimum atomic E-state index is 0.0240. The van der Waals surface area contributed by atoms with E-state index in [1.807, 2.05) is 17.9 Å². The molecule has 0 unspecified atom stereocenters. The number of anilines is 2. The molecule has 0 bridgehead atoms. The molecule has 3 heterocycles. The smallest absolute Gasteiger partial charge is 0.248 e. The summed E-state index contributed by atoms with van der Waals surface area (Å²) >= 11 is 0. The molecule has 1 atom stereocenters. The van der Waals surface area contributed by atoms with E-state index in [1.54, 1.807) is 18.6 Å². The quantitative estimate of drug-likeness (QED) is 0.883. The van der Waals surface area contributed by atoms with Crippen LogP contribution < -0.4 is 5.32 Å². The highest BCUT2D eigenvalue weighted by molar-refractivity contribution is 5.77. The Morgan fingerprint density at radius 3 is 3.00 bits per heavy atom. The number of carbonyl (C=O) groups excluding carboxylic acids is 1. The third-order valence-corrected chi connectivity index (χ3v) is 4.14. The molecule has 2 aromatic rings. The number of hydrogen-bond acceptors (Lipinski definition) is 7. The van der Waals surface area contributed by atoms with Crippen molar-refractivity contribution in [2.75, 3.05) is 32.1 Å². The number of carbonyl (C=O) groups is 1. The van der Waals surface area contributed by atoms with Crippen molar-refractivity contribution in [1.29, 1.82) is 0 Å². The maximum atomic E-state index is 12.1. The van der Waals surface area contributed by atoms with Gasteiger partial charge in [0, 0.05) is 44.6 Å². The summed E-state index contributed by atoms with van der Waals surface area (Å²) in [4.78, 5) is 31.2. The lowest BCUT2D eigenvalue weighted by molar-refractivity contribution is -0.136. The maximum Gasteiger partial charge on any atom is 0.248 e. The normalized spacial score (nSPS) is 17.4. The number of ether oxygens (including phenoxy) is 1. The molecule has 2 aromatic heterocycles. The van der Waals surface area contributed by atoms with Crippen LogP contribution in [-0.2, 0) is 9.53 Å². The first-order valence-electron chi connectivity index (χ1n) is 8.31. The van der Waals surface area contributed by atoms with Gasteiger partial charge in [-0.1, -0.05) is 0 Å². The van der Waals surface area contributed by atoms with Gasteiger partial charge < -0.3 is 15.0 Å². The van der Waals surface area contributed by atoms with Crippen LogP contribution in [0.15, 0.2) is 24.7 Å². The van der Waals surface area contributed by atoms with Crippen LogP contribution in [0.25, 0.3) is 0 Å². The molecule has 1 fully saturated rings. The second-order valence-electron chi connectivity index (χ2n) is 6.05. The highest BCUT2D eigenvalue weighted by Crippen LogP contribution is 2.27. The predicted octanol–water partition coefficient (Wildman–Crippen LogP) is 1.67. The molecule has 132 valence electrons. The van der Waals surface area contributed by atoms with Gasteiger partial charge in [-0.05, 0) is 19.8 Å². The Balaban J connectivity index is 1.76. The van der Waals surface area contributed by atoms with E-state index in [9.17, 15) is 4.79 Å². The molecule has 0 aliphatic carbocycles. The Bertz CT molecular complexity index is 724. The monoisotopic (exact) mass is 342 g/mol. The number of nitrogens with one attached hydrogen (secondary N) is 1. The average molecular weight is 342 g/mol. The Labute approximate surface area is 146 Å². The molecule has 0 spiro atoms. The van der Waals surface area contributed by atoms with Crippen molar-refractivity contribution in [1.82, 2.24) is 24.8 Å². The van der Waals surface area contributed by atoms with Gasteiger partial charge >= 0.3 is 0 Å². The molecule has 25 heavy (non-hydrogen) atoms. The molecule has 1 aliphatic rings. The summed E-state index contributed by atoms with van der Waals surface area (Å²) in [6.45, 7) is 3.41. The Hall–Kier alpha value is -2.61. The van der Waals surface area contributed by atoms with E-state index in [1.165, 1.54) is 7.11 Å². The lowest BCUT2D eigenvalue weighted by Crippen LogP contribution is -2.41. The van der Waals surface area contributed by atoms with Gasteiger partial charge in [-0.15, -0.1) is 0 Å². The van der Waals surface area contributed by atoms with Gasteiger partial charge in [0.25, 0.3) is 0 Å². The number of aromatic nitrogens is 4. The van der Waals surface area contributed by atoms with Crippen LogP contribution in [0.4, 0.5) is 11.6 Å². The second-order valence-corrected chi connectivity index (χ2v) is 6.05. The van der Waals surface area contributed by atoms with Gasteiger partial charge in [0.2, 0.25) is 5.91 Å². The topological polar surface area (TPSA) is 93.1 Å². The predicted molar refractivity (Wildman–Crippen MR) is 92.5 cm³/mol. The Morgan fingerprint density at radius 2 is 2.24 bits per heavy atom. The minimum Gasteiger partial charge on any atom is -0.375 e. The number of rotatable bonds is 5. The number of hydrogen-bond donors (Lipinski definition) is 1. The van der Waals surface area contributed by atoms with E-state index in [0.717, 1.165) is 25.1 Å². The molecule has 0 saturated carbocycles. The highest BCUT2D eigenvalue weighted by Gasteiger charge is 2.26. The highest BCUT2D eigenvalue weighted by atomic mass is 16.5. The third kappa shape index (κ3) is 4.48. The number of aryl methyl sites for hydroxylation is 1. The van der Waals surface area contributed by atoms with E-state index < -0.39 is 0 Å². The van der Waals surface area contributed by atoms with E-state index in [-0.39, 0.29) is 18.4 Å². The van der Waals surface area contributed by atoms with Crippen LogP contribution >= 0.6 is 0 Å². The summed E-state index contributed by atoms with van der Waals surface area (Å²) in [5.41, 5.74) is 0.939. The van der Waals surface area contributed by atoms with Crippen LogP contribution in [0, 0.1) is 6.92 Å². The van der Waals surface area contributed by atoms with E-state index in [2.05, 4.69) is 25.3 Å². The van der Waals surface area contributed by atoms with Crippen molar-refractivity contribution in [3.63, 3.8) is 0 Å². The number of amides is 1. The largest absolute Gasteiger partial charge is 0.375 e. The van der Waals surface area contributed by atoms with E-state index >= 15 is 0 Å². The van der Waals surface area contributed by atoms with E-state index in [4.69, 9.17) is 4.74 Å². The van der Waals surface area contributed by atoms with Crippen molar-refractivity contribution in [3.05, 3.63) is 36.2 Å². The molecule has 8 nitrogen and oxygen atoms in total. The van der Waals surface area contributed by atoms with Crippen LogP contribution in [0.1, 0.15) is 30.3 Å². The number of piperidine rings is 1. The standard InChI is InChI=1S/C17H22N6O2/c1-12-20-14(8-15(21-12)22-16-9-18-5-6-19-16)13-4-3-7-23(10-13)17(24)11-25-2/h5-6,8-9,13H,3-4,7,10-11H2,1-2H3,(H,19,20,21,22)/t13-/m0/s1. The summed E-state index contributed by atoms with van der Waals surface area (Å²) in [6.07, 6.45) is 6.84. The first kappa shape index (κ1) is 17.2. The van der Waals surface area contributed by atoms with E-state index in [0.29, 0.717) is 24.0 Å². The van der Waals surface area contributed by atoms with Crippen molar-refractivity contribution in [3.8, 4) is 0 Å². The molecule has 3 rings (SSSR count). The number of likely N-dealkylation sites (tertiary alicyclic amines) is 1. The summed E-state index contributed by atoms with van der Waals surface area (Å²) in [7, 11) is 1.54. The van der Waals surface area contributed by atoms with Gasteiger partial charge in [0.15, 0.2) is 0 Å². The summed E-state index contributed by atoms with van der Waals surface area (Å²) in [6, 6.07) is 1.93. The third-order valence-electron chi connectivity index (χ3n) is 4.14. The SMILES string of the molecule is COCC(=O)N1CCC[C@H](c2cc(Nc3cnccn3)nc(C)n2)C1. The molecule has 0 radical (unpaired) electrons. The zero-order chi connectivity index (χ0) is 17.6. The average Bonchev–Trinajstić information content (AvgIpc) is 2.62. The van der Waals surface area contributed by atoms with Crippen molar-refractivity contribution >= 4 is 17.5 Å². The van der Waals surface area contributed by atoms with Gasteiger partial charge in [0.05, 0.1) is 11.9 Å². The lowest BCUT2D eigenvalue weighted by atomic mass is 9.94. The molecule has 0 aromatic carbocycles. The second kappa shape index (κ2) is 7.98. The van der Waals surface area contributed by atoms with Gasteiger partial charge in [-0.25, -0.2) is 15.0 Å². The van der Waals surface area contributed by atoms with Crippen LogP contribution in [0.3, 0.4) is 0 Å². The molecular formula is C17H22N6O2. The summed E-state index contributed by atoms with van der Waals surface area (Å²) < 4.78 is 4.96. The van der Waals surface area contributed by atoms with Crippen molar-refractivity contribution in [2.45, 2.75) is 25.7 Å². The molecule has 8 heteroatoms. The first-order chi connectivity index (χ1) is 12.2. The Kier molecular flexibility index (Phi) is 5.49. The zero-order valence-electron chi connectivity index (χ0n) is 14.5. The number of nitrogens with zero attached hydrogens (tertiary/aromatic N) is 5. The van der Waals surface area contributed by atoms with Gasteiger partial charge in [-0.2, -0.15) is 0 Å². The van der Waals surface area contributed by atoms with Crippen molar-refractivity contribution in [2.24, 2.45) is 0 Å². The van der Waals surface area contributed by atoms with Gasteiger partial charge in [-0.3, -0.25) is 9.78 Å². The fourth-order valence-corrected chi connectivity index (χ4v) is 3.02. The minimum absolute atomic E-state index is 0.0240. The van der Waals surface area contributed by atoms with Crippen LogP contribution in [0.5, 0.6) is 0 Å². The van der Waals surface area contributed by atoms with Crippen LogP contribution in [0.2, 0.25) is 0 Å². The molecule has 1 saturated heterocycles. The summed E-state index contributed by atoms with van der Waals surface area (Å²) in [5.74, 6) is 2.22. The first-order valence-corrected chi connectivity index (χ1v) is 8.31. The van der Waals surface area contributed by atoms with Crippen LogP contribution in [-0.4, -0.2) is 57.5 Å². The fraction of sp³-hybridized carbons (Fsp3) is 0.471. The Morgan fingerprint density at radius 1 is 1.36 bits per heavy atom. The fourth-order valence-electron chi connectivity index (χ4n) is 3.02. The lowest BCUT2D eigenvalue weighted by Gasteiger charge is -2.32.